The van der Waals surface area contributed by atoms with E-state index in [0.717, 1.165) is 28.7 Å². The van der Waals surface area contributed by atoms with Crippen molar-refractivity contribution >= 4 is 0 Å². The molecule has 3 heteroatoms. The number of pyridine rings is 1. The van der Waals surface area contributed by atoms with Gasteiger partial charge in [-0.05, 0) is 69.5 Å². The van der Waals surface area contributed by atoms with Crippen molar-refractivity contribution in [3.8, 4) is 11.5 Å². The van der Waals surface area contributed by atoms with Gasteiger partial charge in [0.25, 0.3) is 0 Å². The molecule has 1 unspecified atom stereocenters. The second-order valence-electron chi connectivity index (χ2n) is 12.9. The average molecular weight is 522 g/mol. The van der Waals surface area contributed by atoms with Gasteiger partial charge in [0.1, 0.15) is 11.5 Å². The van der Waals surface area contributed by atoms with Crippen LogP contribution < -0.4 is 0 Å². The minimum absolute atomic E-state index is 0.0257. The Bertz CT molecular complexity index is 1430. The molecule has 3 aromatic carbocycles. The summed E-state index contributed by atoms with van der Waals surface area (Å²) in [5, 5.41) is 21.2. The van der Waals surface area contributed by atoms with Crippen molar-refractivity contribution in [3.63, 3.8) is 0 Å². The second kappa shape index (κ2) is 10.5. The fraction of sp³-hybridized carbons (Fsp3) is 0.361. The predicted octanol–water partition coefficient (Wildman–Crippen LogP) is 8.89. The van der Waals surface area contributed by atoms with E-state index < -0.39 is 0 Å². The molecule has 0 aliphatic heterocycles. The van der Waals surface area contributed by atoms with E-state index in [4.69, 9.17) is 0 Å². The molecule has 1 atom stereocenters. The fourth-order valence-corrected chi connectivity index (χ4v) is 5.77. The fourth-order valence-electron chi connectivity index (χ4n) is 5.77. The SMILES string of the molecule is CCc1cc(C(C)(C)c2ccc(C(C)(C)c3ccc(O)c(C(c4ccncc4)C(C)(C)C)c3)cc2)ccc1O. The lowest BCUT2D eigenvalue weighted by atomic mass is 9.70. The van der Waals surface area contributed by atoms with E-state index in [9.17, 15) is 10.2 Å². The Morgan fingerprint density at radius 3 is 1.56 bits per heavy atom. The van der Waals surface area contributed by atoms with Gasteiger partial charge in [0.2, 0.25) is 0 Å². The molecular formula is C36H43NO2. The summed E-state index contributed by atoms with van der Waals surface area (Å²) < 4.78 is 0. The lowest BCUT2D eigenvalue weighted by Crippen LogP contribution is -2.23. The van der Waals surface area contributed by atoms with E-state index >= 15 is 0 Å². The molecule has 0 aliphatic rings. The van der Waals surface area contributed by atoms with Crippen molar-refractivity contribution in [1.82, 2.24) is 4.98 Å². The first-order chi connectivity index (χ1) is 18.3. The molecule has 39 heavy (non-hydrogen) atoms. The molecule has 0 saturated heterocycles. The topological polar surface area (TPSA) is 53.4 Å². The third kappa shape index (κ3) is 5.59. The molecule has 2 N–H and O–H groups in total. The Balaban J connectivity index is 1.71. The first kappa shape index (κ1) is 28.4. The molecule has 3 nitrogen and oxygen atoms in total. The monoisotopic (exact) mass is 521 g/mol. The number of hydrogen-bond acceptors (Lipinski definition) is 3. The van der Waals surface area contributed by atoms with Crippen LogP contribution in [0.15, 0.2) is 85.2 Å². The molecule has 1 heterocycles. The van der Waals surface area contributed by atoms with Crippen LogP contribution in [0.1, 0.15) is 100 Å². The Labute approximate surface area is 234 Å². The number of hydrogen-bond donors (Lipinski definition) is 2. The van der Waals surface area contributed by atoms with Crippen LogP contribution >= 0.6 is 0 Å². The number of phenols is 2. The van der Waals surface area contributed by atoms with Crippen LogP contribution in [-0.4, -0.2) is 15.2 Å². The van der Waals surface area contributed by atoms with Gasteiger partial charge in [0.15, 0.2) is 0 Å². The van der Waals surface area contributed by atoms with Crippen LogP contribution in [-0.2, 0) is 17.3 Å². The third-order valence-corrected chi connectivity index (χ3v) is 8.48. The average Bonchev–Trinajstić information content (AvgIpc) is 2.90. The Hall–Kier alpha value is -3.59. The molecule has 4 aromatic rings. The normalized spacial score (nSPS) is 13.3. The van der Waals surface area contributed by atoms with Crippen LogP contribution in [0.2, 0.25) is 0 Å². The zero-order chi connectivity index (χ0) is 28.6. The van der Waals surface area contributed by atoms with E-state index in [1.54, 1.807) is 0 Å². The molecule has 0 radical (unpaired) electrons. The van der Waals surface area contributed by atoms with Gasteiger partial charge >= 0.3 is 0 Å². The quantitative estimate of drug-likeness (QED) is 0.255. The van der Waals surface area contributed by atoms with Gasteiger partial charge in [0, 0.05) is 34.7 Å². The predicted molar refractivity (Wildman–Crippen MR) is 162 cm³/mol. The molecule has 0 bridgehead atoms. The number of phenolic OH excluding ortho intramolecular Hbond substituents is 2. The lowest BCUT2D eigenvalue weighted by Gasteiger charge is -2.34. The standard InChI is InChI=1S/C36H43NO2/c1-9-24-22-28(14-16-31(24)38)35(5,6)26-10-12-27(13-11-26)36(7,8)29-15-17-32(39)30(23-29)33(34(2,3)4)25-18-20-37-21-19-25/h10-23,33,38-39H,9H2,1-8H3. The van der Waals surface area contributed by atoms with Crippen molar-refractivity contribution in [3.05, 3.63) is 124 Å². The molecule has 0 aliphatic carbocycles. The number of nitrogens with zero attached hydrogens (tertiary/aromatic N) is 1. The van der Waals surface area contributed by atoms with Gasteiger partial charge in [-0.25, -0.2) is 0 Å². The largest absolute Gasteiger partial charge is 0.508 e. The van der Waals surface area contributed by atoms with E-state index in [2.05, 4.69) is 96.8 Å². The molecule has 0 amide bonds. The number of aromatic hydroxyl groups is 2. The molecular weight excluding hydrogens is 478 g/mol. The highest BCUT2D eigenvalue weighted by Crippen LogP contribution is 2.46. The first-order valence-electron chi connectivity index (χ1n) is 13.9. The number of benzene rings is 3. The zero-order valence-electron chi connectivity index (χ0n) is 24.7. The summed E-state index contributed by atoms with van der Waals surface area (Å²) in [4.78, 5) is 4.20. The summed E-state index contributed by atoms with van der Waals surface area (Å²) in [5.41, 5.74) is 7.30. The lowest BCUT2D eigenvalue weighted by molar-refractivity contribution is 0.346. The van der Waals surface area contributed by atoms with E-state index in [-0.39, 0.29) is 22.2 Å². The maximum atomic E-state index is 11.0. The smallest absolute Gasteiger partial charge is 0.119 e. The van der Waals surface area contributed by atoms with Gasteiger partial charge < -0.3 is 10.2 Å². The molecule has 1 aromatic heterocycles. The van der Waals surface area contributed by atoms with Crippen LogP contribution in [0.5, 0.6) is 11.5 Å². The summed E-state index contributed by atoms with van der Waals surface area (Å²) in [6.45, 7) is 17.7. The molecule has 0 fully saturated rings. The highest BCUT2D eigenvalue weighted by atomic mass is 16.3. The van der Waals surface area contributed by atoms with Gasteiger partial charge in [-0.2, -0.15) is 0 Å². The Kier molecular flexibility index (Phi) is 7.67. The molecule has 204 valence electrons. The van der Waals surface area contributed by atoms with Gasteiger partial charge in [-0.3, -0.25) is 4.98 Å². The van der Waals surface area contributed by atoms with E-state index in [1.165, 1.54) is 16.7 Å². The van der Waals surface area contributed by atoms with Crippen molar-refractivity contribution in [2.24, 2.45) is 5.41 Å². The second-order valence-corrected chi connectivity index (χ2v) is 12.9. The number of aryl methyl sites for hydroxylation is 1. The Morgan fingerprint density at radius 2 is 1.08 bits per heavy atom. The molecule has 0 saturated carbocycles. The van der Waals surface area contributed by atoms with Crippen molar-refractivity contribution in [2.45, 2.75) is 78.6 Å². The summed E-state index contributed by atoms with van der Waals surface area (Å²) in [6.07, 6.45) is 4.45. The van der Waals surface area contributed by atoms with Crippen LogP contribution in [0.4, 0.5) is 0 Å². The van der Waals surface area contributed by atoms with E-state index in [0.29, 0.717) is 11.5 Å². The zero-order valence-corrected chi connectivity index (χ0v) is 24.7. The minimum atomic E-state index is -0.264. The molecule has 0 spiro atoms. The highest BCUT2D eigenvalue weighted by Gasteiger charge is 2.32. The maximum absolute atomic E-state index is 11.0. The summed E-state index contributed by atoms with van der Waals surface area (Å²) in [5.74, 6) is 0.710. The summed E-state index contributed by atoms with van der Waals surface area (Å²) in [7, 11) is 0. The number of rotatable bonds is 7. The first-order valence-corrected chi connectivity index (χ1v) is 13.9. The Morgan fingerprint density at radius 1 is 0.615 bits per heavy atom. The van der Waals surface area contributed by atoms with Crippen LogP contribution in [0, 0.1) is 5.41 Å². The van der Waals surface area contributed by atoms with E-state index in [1.807, 2.05) is 48.8 Å². The maximum Gasteiger partial charge on any atom is 0.119 e. The van der Waals surface area contributed by atoms with Crippen molar-refractivity contribution < 1.29 is 10.2 Å². The van der Waals surface area contributed by atoms with Crippen LogP contribution in [0.25, 0.3) is 0 Å². The third-order valence-electron chi connectivity index (χ3n) is 8.48. The van der Waals surface area contributed by atoms with Gasteiger partial charge in [-0.15, -0.1) is 0 Å². The van der Waals surface area contributed by atoms with Gasteiger partial charge in [-0.1, -0.05) is 104 Å². The molecule has 4 rings (SSSR count). The van der Waals surface area contributed by atoms with Crippen LogP contribution in [0.3, 0.4) is 0 Å². The van der Waals surface area contributed by atoms with Crippen molar-refractivity contribution in [1.29, 1.82) is 0 Å². The summed E-state index contributed by atoms with van der Waals surface area (Å²) in [6, 6.07) is 25.1. The minimum Gasteiger partial charge on any atom is -0.508 e. The highest BCUT2D eigenvalue weighted by molar-refractivity contribution is 5.50. The van der Waals surface area contributed by atoms with Crippen molar-refractivity contribution in [2.75, 3.05) is 0 Å². The summed E-state index contributed by atoms with van der Waals surface area (Å²) >= 11 is 0. The van der Waals surface area contributed by atoms with Gasteiger partial charge in [0.05, 0.1) is 0 Å². The number of aromatic nitrogens is 1.